The smallest absolute Gasteiger partial charge is 0.397 e. The maximum Gasteiger partial charge on any atom is 0.397 e. The van der Waals surface area contributed by atoms with Crippen molar-refractivity contribution in [3.05, 3.63) is 23.9 Å². The van der Waals surface area contributed by atoms with Gasteiger partial charge in [-0.3, -0.25) is 15.0 Å². The zero-order valence-corrected chi connectivity index (χ0v) is 16.2. The second kappa shape index (κ2) is 10.6. The molecule has 1 aromatic heterocycles. The van der Waals surface area contributed by atoms with Gasteiger partial charge in [0, 0.05) is 12.6 Å². The maximum absolute atomic E-state index is 12.3. The molecule has 1 aliphatic heterocycles. The lowest BCUT2D eigenvalue weighted by Gasteiger charge is -2.20. The number of hydrogen-bond donors (Lipinski definition) is 6. The zero-order chi connectivity index (χ0) is 21.6. The average Bonchev–Trinajstić information content (AvgIpc) is 2.94. The molecule has 0 radical (unpaired) electrons. The predicted molar refractivity (Wildman–Crippen MR) is 97.9 cm³/mol. The van der Waals surface area contributed by atoms with E-state index in [9.17, 15) is 29.2 Å². The molecular formula is C15H20ClN6O8+. The number of nitrogens with one attached hydrogen (secondary N) is 3. The number of nitrogen functional groups attached to an aromatic ring is 1. The fourth-order valence-corrected chi connectivity index (χ4v) is 2.31. The first-order valence-electron chi connectivity index (χ1n) is 8.29. The van der Waals surface area contributed by atoms with Gasteiger partial charge in [-0.05, 0) is 18.6 Å². The highest BCUT2D eigenvalue weighted by atomic mass is 35.5. The summed E-state index contributed by atoms with van der Waals surface area (Å²) in [6.45, 7) is 0. The molecule has 1 aliphatic rings. The lowest BCUT2D eigenvalue weighted by atomic mass is 10.1. The molecule has 0 saturated carbocycles. The SMILES string of the molecule is Cl.NNc1ccc(C(=O)NN[C@@H](CCC(=O)O)C(=O)O[N+]2(O)C(=O)CCC2=O)cn1. The van der Waals surface area contributed by atoms with Crippen LogP contribution in [0.25, 0.3) is 0 Å². The van der Waals surface area contributed by atoms with Gasteiger partial charge in [-0.2, -0.15) is 5.21 Å². The first-order valence-corrected chi connectivity index (χ1v) is 8.29. The van der Waals surface area contributed by atoms with Crippen molar-refractivity contribution in [1.82, 2.24) is 15.8 Å². The Hall–Kier alpha value is -3.17. The van der Waals surface area contributed by atoms with E-state index in [0.717, 1.165) is 0 Å². The molecule has 14 nitrogen and oxygen atoms in total. The maximum atomic E-state index is 12.3. The number of nitrogens with zero attached hydrogens (tertiary/aromatic N) is 2. The van der Waals surface area contributed by atoms with Crippen molar-refractivity contribution in [2.24, 2.45) is 5.84 Å². The van der Waals surface area contributed by atoms with Crippen molar-refractivity contribution in [3.63, 3.8) is 0 Å². The third kappa shape index (κ3) is 5.91. The third-order valence-corrected chi connectivity index (χ3v) is 3.92. The van der Waals surface area contributed by atoms with E-state index < -0.39 is 46.9 Å². The molecule has 164 valence electrons. The minimum atomic E-state index is -2.16. The molecule has 1 atom stereocenters. The quantitative estimate of drug-likeness (QED) is 0.0863. The van der Waals surface area contributed by atoms with Gasteiger partial charge in [-0.25, -0.2) is 35.5 Å². The topological polar surface area (TPSA) is 210 Å². The highest BCUT2D eigenvalue weighted by Crippen LogP contribution is 2.21. The Morgan fingerprint density at radius 1 is 1.23 bits per heavy atom. The van der Waals surface area contributed by atoms with E-state index in [1.54, 1.807) is 0 Å². The Morgan fingerprint density at radius 2 is 1.87 bits per heavy atom. The molecular weight excluding hydrogens is 428 g/mol. The number of anilines is 1. The summed E-state index contributed by atoms with van der Waals surface area (Å²) in [7, 11) is 0. The van der Waals surface area contributed by atoms with E-state index in [-0.39, 0.29) is 37.2 Å². The van der Waals surface area contributed by atoms with Crippen LogP contribution < -0.4 is 22.1 Å². The summed E-state index contributed by atoms with van der Waals surface area (Å²) in [6, 6.07) is 1.31. The second-order valence-corrected chi connectivity index (χ2v) is 5.93. The summed E-state index contributed by atoms with van der Waals surface area (Å²) in [6.07, 6.45) is -0.313. The Morgan fingerprint density at radius 3 is 2.37 bits per heavy atom. The fourth-order valence-electron chi connectivity index (χ4n) is 2.31. The summed E-state index contributed by atoms with van der Waals surface area (Å²) in [5, 5.41) is 18.8. The van der Waals surface area contributed by atoms with E-state index in [2.05, 4.69) is 26.1 Å². The van der Waals surface area contributed by atoms with Crippen LogP contribution in [0.1, 0.15) is 36.0 Å². The number of quaternary nitrogens is 1. The number of pyridine rings is 1. The number of nitrogens with two attached hydrogens (primary N) is 1. The number of carboxylic acid groups (broad SMARTS) is 1. The number of imide groups is 1. The molecule has 1 saturated heterocycles. The van der Waals surface area contributed by atoms with Crippen molar-refractivity contribution in [3.8, 4) is 0 Å². The summed E-state index contributed by atoms with van der Waals surface area (Å²) >= 11 is 0. The van der Waals surface area contributed by atoms with Crippen LogP contribution in [0.2, 0.25) is 0 Å². The van der Waals surface area contributed by atoms with Crippen molar-refractivity contribution < 1.29 is 43.9 Å². The lowest BCUT2D eigenvalue weighted by Crippen LogP contribution is -2.56. The van der Waals surface area contributed by atoms with E-state index in [0.29, 0.717) is 5.82 Å². The third-order valence-electron chi connectivity index (χ3n) is 3.92. The fraction of sp³-hybridized carbons (Fsp3) is 0.333. The number of carbonyl (C=O) groups excluding carboxylic acids is 4. The summed E-state index contributed by atoms with van der Waals surface area (Å²) in [5.41, 5.74) is 6.80. The Kier molecular flexibility index (Phi) is 8.75. The molecule has 0 aliphatic carbocycles. The average molecular weight is 448 g/mol. The van der Waals surface area contributed by atoms with Crippen molar-refractivity contribution in [1.29, 1.82) is 0 Å². The molecule has 0 aromatic carbocycles. The molecule has 15 heteroatoms. The largest absolute Gasteiger partial charge is 0.481 e. The van der Waals surface area contributed by atoms with Gasteiger partial charge < -0.3 is 10.5 Å². The van der Waals surface area contributed by atoms with Crippen LogP contribution in [0.5, 0.6) is 0 Å². The molecule has 30 heavy (non-hydrogen) atoms. The van der Waals surface area contributed by atoms with Crippen LogP contribution in [0.4, 0.5) is 5.82 Å². The molecule has 3 amide bonds. The minimum absolute atomic E-state index is 0. The molecule has 1 aromatic rings. The van der Waals surface area contributed by atoms with Gasteiger partial charge >= 0.3 is 23.8 Å². The number of carbonyl (C=O) groups is 5. The number of hydrazine groups is 2. The van der Waals surface area contributed by atoms with Crippen LogP contribution >= 0.6 is 12.4 Å². The molecule has 0 bridgehead atoms. The summed E-state index contributed by atoms with van der Waals surface area (Å²) in [5.74, 6) is 0.115. The molecule has 2 heterocycles. The number of rotatable bonds is 9. The number of halogens is 1. The highest BCUT2D eigenvalue weighted by Gasteiger charge is 2.56. The summed E-state index contributed by atoms with van der Waals surface area (Å²) < 4.78 is 0. The van der Waals surface area contributed by atoms with E-state index >= 15 is 0 Å². The number of carboxylic acids is 1. The standard InChI is InChI=1S/C15H18N6O8.ClH/c16-18-10-3-1-8(7-17-10)14(26)20-19-9(2-6-13(24)25)15(27)29-21(28)11(22)4-5-12(21)23;/h1,3,7,9,19,28H,2,4-6,16H2,(H2-,17,18,20,24,25,26);1H/p+1/t9-;/m0./s1. The number of aliphatic carboxylic acids is 1. The number of amides is 3. The van der Waals surface area contributed by atoms with Crippen molar-refractivity contribution in [2.75, 3.05) is 5.43 Å². The van der Waals surface area contributed by atoms with Crippen molar-refractivity contribution in [2.45, 2.75) is 31.7 Å². The van der Waals surface area contributed by atoms with E-state index in [1.807, 2.05) is 0 Å². The number of hydroxylamine groups is 4. The minimum Gasteiger partial charge on any atom is -0.481 e. The Balaban J connectivity index is 0.00000450. The van der Waals surface area contributed by atoms with Gasteiger partial charge in [0.2, 0.25) is 0 Å². The predicted octanol–water partition coefficient (Wildman–Crippen LogP) is -1.23. The van der Waals surface area contributed by atoms with Crippen molar-refractivity contribution >= 4 is 47.9 Å². The molecule has 1 fully saturated rings. The van der Waals surface area contributed by atoms with Crippen LogP contribution in [0.15, 0.2) is 18.3 Å². The lowest BCUT2D eigenvalue weighted by molar-refractivity contribution is -1.12. The molecule has 0 spiro atoms. The zero-order valence-electron chi connectivity index (χ0n) is 15.4. The van der Waals surface area contributed by atoms with Gasteiger partial charge in [0.05, 0.1) is 18.4 Å². The monoisotopic (exact) mass is 447 g/mol. The highest BCUT2D eigenvalue weighted by molar-refractivity contribution is 5.94. The normalized spacial score (nSPS) is 15.7. The molecule has 7 N–H and O–H groups in total. The molecule has 2 rings (SSSR count). The van der Waals surface area contributed by atoms with Gasteiger partial charge in [0.25, 0.3) is 5.91 Å². The van der Waals surface area contributed by atoms with Crippen LogP contribution in [-0.2, 0) is 24.0 Å². The van der Waals surface area contributed by atoms with Gasteiger partial charge in [-0.1, -0.05) is 0 Å². The Labute approximate surface area is 175 Å². The van der Waals surface area contributed by atoms with Gasteiger partial charge in [0.15, 0.2) is 0 Å². The van der Waals surface area contributed by atoms with Crippen LogP contribution in [0, 0.1) is 0 Å². The number of aromatic nitrogens is 1. The van der Waals surface area contributed by atoms with E-state index in [1.165, 1.54) is 18.3 Å². The van der Waals surface area contributed by atoms with Gasteiger partial charge in [0.1, 0.15) is 16.7 Å². The second-order valence-electron chi connectivity index (χ2n) is 5.93. The van der Waals surface area contributed by atoms with Gasteiger partial charge in [-0.15, -0.1) is 12.4 Å². The van der Waals surface area contributed by atoms with E-state index in [4.69, 9.17) is 10.9 Å². The first kappa shape index (κ1) is 24.9. The Bertz CT molecular complexity index is 817. The molecule has 0 unspecified atom stereocenters. The number of hydrogen-bond acceptors (Lipinski definition) is 11. The van der Waals surface area contributed by atoms with Crippen LogP contribution in [-0.4, -0.2) is 55.8 Å². The summed E-state index contributed by atoms with van der Waals surface area (Å²) in [4.78, 5) is 64.8. The van der Waals surface area contributed by atoms with Crippen LogP contribution in [0.3, 0.4) is 0 Å². The first-order chi connectivity index (χ1) is 13.7.